The minimum Gasteiger partial charge on any atom is -0.484 e. The van der Waals surface area contributed by atoms with E-state index in [1.807, 2.05) is 6.07 Å². The molecule has 3 nitrogen and oxygen atoms in total. The van der Waals surface area contributed by atoms with Crippen molar-refractivity contribution >= 4 is 34.2 Å². The van der Waals surface area contributed by atoms with Gasteiger partial charge in [-0.05, 0) is 42.7 Å². The average Bonchev–Trinajstić information content (AvgIpc) is 3.04. The third-order valence-electron chi connectivity index (χ3n) is 5.47. The van der Waals surface area contributed by atoms with Gasteiger partial charge in [-0.15, -0.1) is 0 Å². The number of benzene rings is 2. The maximum absolute atomic E-state index is 6.24. The third-order valence-corrected chi connectivity index (χ3v) is 6.00. The standard InChI is InChI=1S/C22H24Cl2N2O/c23-17-10-11-21(18(24)14-17)27-15-22-25-19-8-4-5-9-20(19)26(22)13-12-16-6-2-1-3-7-16/h4-5,8-11,14,16H,1-3,6-7,12-13,15H2. The molecule has 0 saturated heterocycles. The van der Waals surface area contributed by atoms with Crippen LogP contribution in [0.5, 0.6) is 5.75 Å². The first kappa shape index (κ1) is 18.6. The average molecular weight is 403 g/mol. The molecule has 1 aliphatic rings. The lowest BCUT2D eigenvalue weighted by atomic mass is 9.87. The van der Waals surface area contributed by atoms with Gasteiger partial charge >= 0.3 is 0 Å². The summed E-state index contributed by atoms with van der Waals surface area (Å²) in [5.74, 6) is 2.41. The fraction of sp³-hybridized carbons (Fsp3) is 0.409. The summed E-state index contributed by atoms with van der Waals surface area (Å²) in [6, 6.07) is 13.6. The molecule has 1 saturated carbocycles. The van der Waals surface area contributed by atoms with Crippen molar-refractivity contribution in [1.29, 1.82) is 0 Å². The van der Waals surface area contributed by atoms with Crippen molar-refractivity contribution in [2.24, 2.45) is 5.92 Å². The van der Waals surface area contributed by atoms with E-state index in [4.69, 9.17) is 32.9 Å². The fourth-order valence-electron chi connectivity index (χ4n) is 4.01. The van der Waals surface area contributed by atoms with Crippen LogP contribution < -0.4 is 4.74 Å². The second-order valence-corrected chi connectivity index (χ2v) is 8.17. The first-order chi connectivity index (χ1) is 13.2. The van der Waals surface area contributed by atoms with Gasteiger partial charge in [-0.1, -0.05) is 67.4 Å². The van der Waals surface area contributed by atoms with Crippen molar-refractivity contribution in [3.8, 4) is 5.75 Å². The molecular weight excluding hydrogens is 379 g/mol. The summed E-state index contributed by atoms with van der Waals surface area (Å²) < 4.78 is 8.28. The highest BCUT2D eigenvalue weighted by molar-refractivity contribution is 6.35. The Kier molecular flexibility index (Phi) is 5.89. The predicted octanol–water partition coefficient (Wildman–Crippen LogP) is 6.89. The zero-order chi connectivity index (χ0) is 18.6. The lowest BCUT2D eigenvalue weighted by Gasteiger charge is -2.22. The van der Waals surface area contributed by atoms with Gasteiger partial charge in [0.15, 0.2) is 0 Å². The summed E-state index contributed by atoms with van der Waals surface area (Å²) >= 11 is 12.2. The Balaban J connectivity index is 1.53. The SMILES string of the molecule is Clc1ccc(OCc2nc3ccccc3n2CCC2CCCCC2)c(Cl)c1. The van der Waals surface area contributed by atoms with Crippen LogP contribution in [0, 0.1) is 5.92 Å². The quantitative estimate of drug-likeness (QED) is 0.448. The van der Waals surface area contributed by atoms with Crippen LogP contribution in [0.15, 0.2) is 42.5 Å². The molecule has 1 fully saturated rings. The van der Waals surface area contributed by atoms with Crippen LogP contribution >= 0.6 is 23.2 Å². The Morgan fingerprint density at radius 1 is 1.04 bits per heavy atom. The summed E-state index contributed by atoms with van der Waals surface area (Å²) in [4.78, 5) is 4.81. The molecule has 0 atom stereocenters. The van der Waals surface area contributed by atoms with Crippen molar-refractivity contribution in [2.45, 2.75) is 51.7 Å². The third kappa shape index (κ3) is 4.41. The minimum atomic E-state index is 0.390. The van der Waals surface area contributed by atoms with Crippen LogP contribution in [-0.4, -0.2) is 9.55 Å². The number of aromatic nitrogens is 2. The molecule has 0 radical (unpaired) electrons. The summed E-state index contributed by atoms with van der Waals surface area (Å²) in [6.45, 7) is 1.37. The lowest BCUT2D eigenvalue weighted by molar-refractivity contribution is 0.283. The van der Waals surface area contributed by atoms with Crippen LogP contribution in [0.25, 0.3) is 11.0 Å². The Morgan fingerprint density at radius 2 is 1.85 bits per heavy atom. The maximum atomic E-state index is 6.24. The predicted molar refractivity (Wildman–Crippen MR) is 112 cm³/mol. The Morgan fingerprint density at radius 3 is 2.67 bits per heavy atom. The zero-order valence-electron chi connectivity index (χ0n) is 15.3. The summed E-state index contributed by atoms with van der Waals surface area (Å²) in [5, 5.41) is 1.12. The van der Waals surface area contributed by atoms with Gasteiger partial charge in [-0.2, -0.15) is 0 Å². The van der Waals surface area contributed by atoms with E-state index in [1.165, 1.54) is 44.0 Å². The Labute approximate surface area is 170 Å². The van der Waals surface area contributed by atoms with Gasteiger partial charge in [0.2, 0.25) is 0 Å². The topological polar surface area (TPSA) is 27.1 Å². The maximum Gasteiger partial charge on any atom is 0.147 e. The molecule has 0 N–H and O–H groups in total. The van der Waals surface area contributed by atoms with E-state index < -0.39 is 0 Å². The molecule has 5 heteroatoms. The summed E-state index contributed by atoms with van der Waals surface area (Å²) in [6.07, 6.45) is 8.07. The molecule has 1 aliphatic carbocycles. The number of rotatable bonds is 6. The smallest absolute Gasteiger partial charge is 0.147 e. The molecule has 0 unspecified atom stereocenters. The molecule has 0 amide bonds. The molecule has 0 aliphatic heterocycles. The number of aryl methyl sites for hydroxylation is 1. The van der Waals surface area contributed by atoms with E-state index in [-0.39, 0.29) is 0 Å². The monoisotopic (exact) mass is 402 g/mol. The van der Waals surface area contributed by atoms with Crippen molar-refractivity contribution in [3.05, 3.63) is 58.3 Å². The number of ether oxygens (including phenoxy) is 1. The van der Waals surface area contributed by atoms with E-state index in [2.05, 4.69) is 22.8 Å². The zero-order valence-corrected chi connectivity index (χ0v) is 16.8. The molecule has 1 aromatic heterocycles. The fourth-order valence-corrected chi connectivity index (χ4v) is 4.47. The van der Waals surface area contributed by atoms with E-state index in [0.717, 1.165) is 23.8 Å². The van der Waals surface area contributed by atoms with Gasteiger partial charge in [0.05, 0.1) is 16.1 Å². The van der Waals surface area contributed by atoms with Crippen LogP contribution in [-0.2, 0) is 13.2 Å². The van der Waals surface area contributed by atoms with Crippen LogP contribution in [0.4, 0.5) is 0 Å². The van der Waals surface area contributed by atoms with Crippen molar-refractivity contribution < 1.29 is 4.74 Å². The molecule has 1 heterocycles. The second-order valence-electron chi connectivity index (χ2n) is 7.32. The van der Waals surface area contributed by atoms with E-state index in [9.17, 15) is 0 Å². The van der Waals surface area contributed by atoms with E-state index in [1.54, 1.807) is 18.2 Å². The van der Waals surface area contributed by atoms with Crippen molar-refractivity contribution in [2.75, 3.05) is 0 Å². The summed E-state index contributed by atoms with van der Waals surface area (Å²) in [7, 11) is 0. The first-order valence-electron chi connectivity index (χ1n) is 9.73. The van der Waals surface area contributed by atoms with Gasteiger partial charge in [-0.25, -0.2) is 4.98 Å². The Bertz CT molecular complexity index is 916. The number of hydrogen-bond acceptors (Lipinski definition) is 2. The van der Waals surface area contributed by atoms with Crippen LogP contribution in [0.1, 0.15) is 44.3 Å². The first-order valence-corrected chi connectivity index (χ1v) is 10.5. The van der Waals surface area contributed by atoms with E-state index in [0.29, 0.717) is 22.4 Å². The number of hydrogen-bond donors (Lipinski definition) is 0. The molecule has 3 aromatic rings. The molecule has 27 heavy (non-hydrogen) atoms. The summed E-state index contributed by atoms with van der Waals surface area (Å²) in [5.41, 5.74) is 2.19. The van der Waals surface area contributed by atoms with E-state index >= 15 is 0 Å². The van der Waals surface area contributed by atoms with Crippen molar-refractivity contribution in [1.82, 2.24) is 9.55 Å². The molecule has 0 bridgehead atoms. The number of halogens is 2. The van der Waals surface area contributed by atoms with Crippen LogP contribution in [0.2, 0.25) is 10.0 Å². The molecular formula is C22H24Cl2N2O. The normalized spacial score (nSPS) is 15.3. The second kappa shape index (κ2) is 8.53. The largest absolute Gasteiger partial charge is 0.484 e. The molecule has 2 aromatic carbocycles. The highest BCUT2D eigenvalue weighted by Gasteiger charge is 2.16. The van der Waals surface area contributed by atoms with Gasteiger partial charge in [0.25, 0.3) is 0 Å². The molecule has 4 rings (SSSR count). The number of fused-ring (bicyclic) bond motifs is 1. The van der Waals surface area contributed by atoms with Crippen LogP contribution in [0.3, 0.4) is 0 Å². The van der Waals surface area contributed by atoms with Gasteiger partial charge in [0.1, 0.15) is 18.2 Å². The minimum absolute atomic E-state index is 0.390. The van der Waals surface area contributed by atoms with Gasteiger partial charge in [0, 0.05) is 11.6 Å². The number of para-hydroxylation sites is 2. The number of nitrogens with zero attached hydrogens (tertiary/aromatic N) is 2. The van der Waals surface area contributed by atoms with Gasteiger partial charge < -0.3 is 9.30 Å². The highest BCUT2D eigenvalue weighted by atomic mass is 35.5. The highest BCUT2D eigenvalue weighted by Crippen LogP contribution is 2.30. The molecule has 0 spiro atoms. The molecule has 142 valence electrons. The lowest BCUT2D eigenvalue weighted by Crippen LogP contribution is -2.13. The Hall–Kier alpha value is -1.71. The van der Waals surface area contributed by atoms with Crippen molar-refractivity contribution in [3.63, 3.8) is 0 Å². The number of imidazole rings is 1. The van der Waals surface area contributed by atoms with Gasteiger partial charge in [-0.3, -0.25) is 0 Å².